The third-order valence-corrected chi connectivity index (χ3v) is 14.0. The number of rotatable bonds is 4. The van der Waals surface area contributed by atoms with Gasteiger partial charge in [-0.05, 0) is 121 Å². The first-order valence-corrected chi connectivity index (χ1v) is 20.2. The van der Waals surface area contributed by atoms with Crippen LogP contribution in [0.3, 0.4) is 0 Å². The van der Waals surface area contributed by atoms with Gasteiger partial charge in [0.1, 0.15) is 11.2 Å². The Morgan fingerprint density at radius 2 is 1.47 bits per heavy atom. The van der Waals surface area contributed by atoms with Crippen LogP contribution in [0, 0.1) is 0 Å². The zero-order valence-corrected chi connectivity index (χ0v) is 31.4. The number of fused-ring (bicyclic) bond motifs is 10. The molecule has 0 spiro atoms. The second-order valence-corrected chi connectivity index (χ2v) is 16.7. The standard InChI is InChI=1S/C50H42BN3O/c1-49-29-11-12-30-50(49,2)54-43-23-14-22-42-47(43)51(41-21-13-20-39(49)48(41)54)40-27-25-36(52(33-15-5-3-6-16-33)34-17-7-4-8-18-34)32-44(40)53(42)35-26-28-46-38(31-35)37-19-9-10-24-45(37)55-46/h3,5-7,9-10,13-28,31-32H,4,8,11-12,29-30H2,1-2H3. The minimum atomic E-state index is 0.00475. The van der Waals surface area contributed by atoms with E-state index in [-0.39, 0.29) is 17.7 Å². The lowest BCUT2D eigenvalue weighted by molar-refractivity contribution is 0.195. The lowest BCUT2D eigenvalue weighted by Gasteiger charge is -2.52. The number of nitrogens with zero attached hydrogens (tertiary/aromatic N) is 3. The molecule has 4 nitrogen and oxygen atoms in total. The van der Waals surface area contributed by atoms with Crippen LogP contribution in [0.4, 0.5) is 39.8 Å². The molecule has 12 rings (SSSR count). The van der Waals surface area contributed by atoms with Gasteiger partial charge in [0.2, 0.25) is 0 Å². The summed E-state index contributed by atoms with van der Waals surface area (Å²) in [6, 6.07) is 47.6. The number of hydrogen-bond donors (Lipinski definition) is 0. The quantitative estimate of drug-likeness (QED) is 0.170. The van der Waals surface area contributed by atoms with Gasteiger partial charge in [0.15, 0.2) is 0 Å². The fraction of sp³-hybridized carbons (Fsp3) is 0.200. The minimum Gasteiger partial charge on any atom is -0.456 e. The van der Waals surface area contributed by atoms with Crippen molar-refractivity contribution in [2.75, 3.05) is 14.7 Å². The summed E-state index contributed by atoms with van der Waals surface area (Å²) < 4.78 is 6.36. The molecule has 7 aromatic rings. The highest BCUT2D eigenvalue weighted by atomic mass is 16.3. The van der Waals surface area contributed by atoms with Crippen LogP contribution in [0.2, 0.25) is 0 Å². The molecule has 3 aliphatic heterocycles. The van der Waals surface area contributed by atoms with Gasteiger partial charge in [0.05, 0.1) is 5.54 Å². The summed E-state index contributed by atoms with van der Waals surface area (Å²) in [6.07, 6.45) is 14.1. The molecule has 4 heterocycles. The maximum Gasteiger partial charge on any atom is 0.252 e. The van der Waals surface area contributed by atoms with Crippen molar-refractivity contribution in [2.24, 2.45) is 0 Å². The van der Waals surface area contributed by atoms with Crippen molar-refractivity contribution in [3.05, 3.63) is 157 Å². The average Bonchev–Trinajstić information content (AvgIpc) is 3.70. The molecule has 266 valence electrons. The number of hydrogen-bond acceptors (Lipinski definition) is 4. The molecule has 2 unspecified atom stereocenters. The zero-order chi connectivity index (χ0) is 36.5. The van der Waals surface area contributed by atoms with E-state index in [2.05, 4.69) is 174 Å². The van der Waals surface area contributed by atoms with Gasteiger partial charge in [-0.1, -0.05) is 98.6 Å². The van der Waals surface area contributed by atoms with Gasteiger partial charge in [-0.3, -0.25) is 0 Å². The summed E-state index contributed by atoms with van der Waals surface area (Å²) in [5.41, 5.74) is 17.6. The fourth-order valence-electron chi connectivity index (χ4n) is 11.3. The van der Waals surface area contributed by atoms with Gasteiger partial charge in [0, 0.05) is 61.7 Å². The molecule has 0 N–H and O–H groups in total. The molecule has 1 aromatic heterocycles. The molecule has 0 amide bonds. The highest BCUT2D eigenvalue weighted by Crippen LogP contribution is 2.61. The van der Waals surface area contributed by atoms with E-state index in [1.807, 2.05) is 0 Å². The van der Waals surface area contributed by atoms with E-state index in [4.69, 9.17) is 4.42 Å². The monoisotopic (exact) mass is 711 g/mol. The first-order valence-electron chi connectivity index (χ1n) is 20.2. The Bertz CT molecular complexity index is 2800. The second kappa shape index (κ2) is 11.3. The first kappa shape index (κ1) is 31.4. The molecule has 2 aliphatic carbocycles. The van der Waals surface area contributed by atoms with Gasteiger partial charge >= 0.3 is 0 Å². The van der Waals surface area contributed by atoms with Crippen LogP contribution >= 0.6 is 0 Å². The Labute approximate surface area is 323 Å². The molecule has 0 bridgehead atoms. The van der Waals surface area contributed by atoms with Gasteiger partial charge in [0.25, 0.3) is 6.71 Å². The number of para-hydroxylation sites is 3. The summed E-state index contributed by atoms with van der Waals surface area (Å²) in [4.78, 5) is 7.79. The highest BCUT2D eigenvalue weighted by molar-refractivity contribution is 7.00. The predicted molar refractivity (Wildman–Crippen MR) is 231 cm³/mol. The molecule has 5 aliphatic rings. The largest absolute Gasteiger partial charge is 0.456 e. The van der Waals surface area contributed by atoms with Crippen LogP contribution in [0.1, 0.15) is 57.9 Å². The Morgan fingerprint density at radius 1 is 0.655 bits per heavy atom. The highest BCUT2D eigenvalue weighted by Gasteiger charge is 2.61. The molecule has 1 fully saturated rings. The molecule has 1 saturated carbocycles. The molecular formula is C50H42BN3O. The lowest BCUT2D eigenvalue weighted by Crippen LogP contribution is -2.64. The smallest absolute Gasteiger partial charge is 0.252 e. The van der Waals surface area contributed by atoms with E-state index in [9.17, 15) is 0 Å². The van der Waals surface area contributed by atoms with Crippen LogP contribution in [-0.2, 0) is 5.41 Å². The van der Waals surface area contributed by atoms with E-state index in [0.29, 0.717) is 0 Å². The van der Waals surface area contributed by atoms with Crippen LogP contribution in [0.5, 0.6) is 0 Å². The molecule has 55 heavy (non-hydrogen) atoms. The van der Waals surface area contributed by atoms with Gasteiger partial charge < -0.3 is 19.1 Å². The topological polar surface area (TPSA) is 22.9 Å². The normalized spacial score (nSPS) is 21.6. The van der Waals surface area contributed by atoms with Crippen molar-refractivity contribution < 1.29 is 4.42 Å². The SMILES string of the molecule is CC12CCCCC1(C)N1c3cccc4c3B(c3ccc(N(C5=CCCC=C5)c5ccccc5)cc3N4c3ccc4oc5ccccc5c4c3)c3cccc2c31. The van der Waals surface area contributed by atoms with Crippen molar-refractivity contribution in [1.29, 1.82) is 0 Å². The molecule has 5 heteroatoms. The number of furan rings is 1. The maximum absolute atomic E-state index is 6.36. The van der Waals surface area contributed by atoms with Crippen molar-refractivity contribution in [1.82, 2.24) is 0 Å². The summed E-state index contributed by atoms with van der Waals surface area (Å²) in [5, 5.41) is 2.29. The van der Waals surface area contributed by atoms with Crippen molar-refractivity contribution >= 4 is 84.9 Å². The van der Waals surface area contributed by atoms with Crippen LogP contribution < -0.4 is 31.1 Å². The lowest BCUT2D eigenvalue weighted by atomic mass is 9.33. The fourth-order valence-corrected chi connectivity index (χ4v) is 11.3. The Balaban J connectivity index is 1.15. The van der Waals surface area contributed by atoms with Crippen LogP contribution in [0.25, 0.3) is 21.9 Å². The summed E-state index contributed by atoms with van der Waals surface area (Å²) in [5.74, 6) is 0. The molecular weight excluding hydrogens is 669 g/mol. The Morgan fingerprint density at radius 3 is 2.36 bits per heavy atom. The molecule has 2 atom stereocenters. The van der Waals surface area contributed by atoms with Gasteiger partial charge in [-0.2, -0.15) is 0 Å². The molecule has 0 radical (unpaired) electrons. The van der Waals surface area contributed by atoms with Crippen molar-refractivity contribution in [3.63, 3.8) is 0 Å². The average molecular weight is 712 g/mol. The van der Waals surface area contributed by atoms with Crippen molar-refractivity contribution in [3.8, 4) is 0 Å². The number of allylic oxidation sites excluding steroid dienone is 3. The Kier molecular flexibility index (Phi) is 6.46. The number of benzene rings is 6. The zero-order valence-electron chi connectivity index (χ0n) is 31.4. The van der Waals surface area contributed by atoms with Gasteiger partial charge in [-0.15, -0.1) is 0 Å². The minimum absolute atomic E-state index is 0.00475. The summed E-state index contributed by atoms with van der Waals surface area (Å²) >= 11 is 0. The van der Waals surface area contributed by atoms with Crippen LogP contribution in [-0.4, -0.2) is 12.3 Å². The van der Waals surface area contributed by atoms with E-state index in [1.54, 1.807) is 0 Å². The van der Waals surface area contributed by atoms with Crippen molar-refractivity contribution in [2.45, 2.75) is 63.3 Å². The van der Waals surface area contributed by atoms with Gasteiger partial charge in [-0.25, -0.2) is 0 Å². The van der Waals surface area contributed by atoms with Crippen LogP contribution in [0.15, 0.2) is 156 Å². The second-order valence-electron chi connectivity index (χ2n) is 16.7. The first-order chi connectivity index (χ1) is 27.0. The molecule has 0 saturated heterocycles. The Hall–Kier alpha value is -5.94. The maximum atomic E-state index is 6.36. The third kappa shape index (κ3) is 4.13. The van der Waals surface area contributed by atoms with E-state index >= 15 is 0 Å². The number of anilines is 7. The van der Waals surface area contributed by atoms with E-state index < -0.39 is 0 Å². The molecule has 6 aromatic carbocycles. The third-order valence-electron chi connectivity index (χ3n) is 14.0. The van der Waals surface area contributed by atoms with E-state index in [1.165, 1.54) is 76.1 Å². The van der Waals surface area contributed by atoms with E-state index in [0.717, 1.165) is 51.8 Å². The summed E-state index contributed by atoms with van der Waals surface area (Å²) in [6.45, 7) is 5.23. The predicted octanol–water partition coefficient (Wildman–Crippen LogP) is 11.3. The summed E-state index contributed by atoms with van der Waals surface area (Å²) in [7, 11) is 0.